The zero-order chi connectivity index (χ0) is 15.5. The van der Waals surface area contributed by atoms with Crippen LogP contribution in [-0.4, -0.2) is 16.9 Å². The van der Waals surface area contributed by atoms with E-state index in [1.165, 1.54) is 0 Å². The zero-order valence-corrected chi connectivity index (χ0v) is 12.3. The average molecular weight is 290 g/mol. The van der Waals surface area contributed by atoms with E-state index >= 15 is 0 Å². The Morgan fingerprint density at radius 2 is 1.90 bits per heavy atom. The third-order valence-corrected chi connectivity index (χ3v) is 3.60. The highest BCUT2D eigenvalue weighted by atomic mass is 16.6. The monoisotopic (exact) mass is 290 g/mol. The second-order valence-corrected chi connectivity index (χ2v) is 4.86. The van der Waals surface area contributed by atoms with Crippen LogP contribution in [0, 0.1) is 12.3 Å². The molecular formula is C15H18N2O4. The van der Waals surface area contributed by atoms with Crippen molar-refractivity contribution in [2.45, 2.75) is 33.6 Å². The first-order valence-corrected chi connectivity index (χ1v) is 6.86. The molecule has 1 aromatic rings. The number of nitrogens with one attached hydrogen (secondary N) is 1. The maximum Gasteiger partial charge on any atom is 0.330 e. The molecule has 0 fully saturated rings. The smallest absolute Gasteiger partial charge is 0.330 e. The second-order valence-electron chi connectivity index (χ2n) is 4.86. The summed E-state index contributed by atoms with van der Waals surface area (Å²) in [6.45, 7) is 5.36. The number of nitrogens with zero attached hydrogens (tertiary/aromatic N) is 1. The van der Waals surface area contributed by atoms with Crippen LogP contribution in [0.3, 0.4) is 0 Å². The fraction of sp³-hybridized carbons (Fsp3) is 0.400. The fourth-order valence-corrected chi connectivity index (χ4v) is 2.15. The van der Waals surface area contributed by atoms with Crippen LogP contribution in [0.1, 0.15) is 32.4 Å². The molecule has 1 N–H and O–H groups in total. The maximum absolute atomic E-state index is 12.3. The van der Waals surface area contributed by atoms with Gasteiger partial charge in [-0.3, -0.25) is 9.59 Å². The van der Waals surface area contributed by atoms with Crippen molar-refractivity contribution < 1.29 is 19.1 Å². The predicted octanol–water partition coefficient (Wildman–Crippen LogP) is 2.51. The molecule has 6 heteroatoms. The molecule has 0 aliphatic carbocycles. The molecule has 0 saturated carbocycles. The van der Waals surface area contributed by atoms with Crippen molar-refractivity contribution in [1.29, 1.82) is 0 Å². The van der Waals surface area contributed by atoms with Gasteiger partial charge in [0.2, 0.25) is 5.88 Å². The molecule has 1 aromatic heterocycles. The van der Waals surface area contributed by atoms with Crippen molar-refractivity contribution in [2.24, 2.45) is 5.41 Å². The van der Waals surface area contributed by atoms with Crippen LogP contribution in [0.4, 0.5) is 5.82 Å². The number of esters is 2. The van der Waals surface area contributed by atoms with E-state index in [9.17, 15) is 9.59 Å². The number of aromatic nitrogens is 1. The molecule has 0 saturated heterocycles. The molecular weight excluding hydrogens is 272 g/mol. The Bertz CT molecular complexity index is 591. The fourth-order valence-electron chi connectivity index (χ4n) is 2.15. The summed E-state index contributed by atoms with van der Waals surface area (Å²) < 4.78 is 10.3. The van der Waals surface area contributed by atoms with Gasteiger partial charge in [0.25, 0.3) is 0 Å². The average Bonchev–Trinajstić information content (AvgIpc) is 2.57. The minimum Gasteiger partial charge on any atom is -0.428 e. The van der Waals surface area contributed by atoms with Gasteiger partial charge in [0.05, 0.1) is 0 Å². The van der Waals surface area contributed by atoms with Gasteiger partial charge in [-0.15, -0.1) is 0 Å². The Kier molecular flexibility index (Phi) is 4.26. The number of ether oxygens (including phenoxy) is 2. The number of hydrogen-bond donors (Lipinski definition) is 1. The minimum atomic E-state index is -1.25. The van der Waals surface area contributed by atoms with Gasteiger partial charge in [-0.25, -0.2) is 4.98 Å². The van der Waals surface area contributed by atoms with Crippen LogP contribution in [0.5, 0.6) is 0 Å². The van der Waals surface area contributed by atoms with Crippen LogP contribution in [-0.2, 0) is 19.1 Å². The van der Waals surface area contributed by atoms with Gasteiger partial charge in [0, 0.05) is 5.69 Å². The minimum absolute atomic E-state index is 0.0511. The number of rotatable bonds is 4. The normalized spacial score (nSPS) is 17.4. The van der Waals surface area contributed by atoms with Crippen molar-refractivity contribution in [3.8, 4) is 0 Å². The molecule has 6 nitrogen and oxygen atoms in total. The van der Waals surface area contributed by atoms with Crippen molar-refractivity contribution in [2.75, 3.05) is 5.32 Å². The summed E-state index contributed by atoms with van der Waals surface area (Å²) in [7, 11) is 0. The topological polar surface area (TPSA) is 77.5 Å². The molecule has 0 amide bonds. The molecule has 0 unspecified atom stereocenters. The number of aryl methyl sites for hydroxylation is 1. The maximum atomic E-state index is 12.3. The highest BCUT2D eigenvalue weighted by Gasteiger charge is 2.47. The highest BCUT2D eigenvalue weighted by molar-refractivity contribution is 6.01. The Labute approximate surface area is 123 Å². The molecule has 0 spiro atoms. The van der Waals surface area contributed by atoms with Crippen LogP contribution < -0.4 is 5.32 Å². The van der Waals surface area contributed by atoms with Crippen molar-refractivity contribution in [3.63, 3.8) is 0 Å². The van der Waals surface area contributed by atoms with Crippen LogP contribution in [0.2, 0.25) is 0 Å². The van der Waals surface area contributed by atoms with Crippen LogP contribution >= 0.6 is 0 Å². The van der Waals surface area contributed by atoms with E-state index in [1.54, 1.807) is 19.9 Å². The van der Waals surface area contributed by atoms with Crippen LogP contribution in [0.25, 0.3) is 0 Å². The van der Waals surface area contributed by atoms with Gasteiger partial charge in [0.15, 0.2) is 11.7 Å². The standard InChI is InChI=1S/C15H18N2O4/c1-4-15(5-2)13(18)20-9-12(21-14(15)19)17-11-8-6-7-10(3)16-11/h6-9H,4-5H2,1-3H3,(H,16,17). The van der Waals surface area contributed by atoms with Gasteiger partial charge >= 0.3 is 11.9 Å². The largest absolute Gasteiger partial charge is 0.428 e. The quantitative estimate of drug-likeness (QED) is 0.678. The summed E-state index contributed by atoms with van der Waals surface area (Å²) in [6.07, 6.45) is 1.76. The number of anilines is 1. The molecule has 0 bridgehead atoms. The molecule has 2 rings (SSSR count). The first-order valence-electron chi connectivity index (χ1n) is 6.86. The van der Waals surface area contributed by atoms with Crippen molar-refractivity contribution in [3.05, 3.63) is 36.0 Å². The summed E-state index contributed by atoms with van der Waals surface area (Å²) >= 11 is 0. The number of pyridine rings is 1. The lowest BCUT2D eigenvalue weighted by molar-refractivity contribution is -0.164. The summed E-state index contributed by atoms with van der Waals surface area (Å²) in [4.78, 5) is 28.5. The first-order chi connectivity index (χ1) is 10.0. The molecule has 112 valence electrons. The van der Waals surface area contributed by atoms with E-state index in [2.05, 4.69) is 10.3 Å². The van der Waals surface area contributed by atoms with Crippen LogP contribution in [0.15, 0.2) is 30.3 Å². The van der Waals surface area contributed by atoms with E-state index in [4.69, 9.17) is 9.47 Å². The second kappa shape index (κ2) is 5.95. The predicted molar refractivity (Wildman–Crippen MR) is 75.9 cm³/mol. The van der Waals surface area contributed by atoms with E-state index in [-0.39, 0.29) is 5.88 Å². The van der Waals surface area contributed by atoms with Gasteiger partial charge in [-0.05, 0) is 31.9 Å². The van der Waals surface area contributed by atoms with E-state index in [1.807, 2.05) is 19.1 Å². The lowest BCUT2D eigenvalue weighted by Crippen LogP contribution is -2.39. The van der Waals surface area contributed by atoms with Crippen molar-refractivity contribution in [1.82, 2.24) is 4.98 Å². The number of hydrogen-bond acceptors (Lipinski definition) is 6. The molecule has 0 aromatic carbocycles. The Morgan fingerprint density at radius 1 is 1.19 bits per heavy atom. The van der Waals surface area contributed by atoms with Crippen molar-refractivity contribution >= 4 is 17.8 Å². The Balaban J connectivity index is 2.21. The van der Waals surface area contributed by atoms with E-state index in [0.717, 1.165) is 12.0 Å². The highest BCUT2D eigenvalue weighted by Crippen LogP contribution is 2.33. The van der Waals surface area contributed by atoms with Gasteiger partial charge in [-0.1, -0.05) is 19.9 Å². The molecule has 2 heterocycles. The van der Waals surface area contributed by atoms with E-state index in [0.29, 0.717) is 18.7 Å². The molecule has 0 atom stereocenters. The SMILES string of the molecule is CCC1(CC)C(=O)OC=C(Nc2cccc(C)n2)OC1=O. The lowest BCUT2D eigenvalue weighted by Gasteiger charge is -2.23. The molecule has 1 aliphatic heterocycles. The lowest BCUT2D eigenvalue weighted by atomic mass is 9.82. The Morgan fingerprint density at radius 3 is 2.52 bits per heavy atom. The van der Waals surface area contributed by atoms with Gasteiger partial charge in [-0.2, -0.15) is 0 Å². The number of cyclic esters (lactones) is 2. The summed E-state index contributed by atoms with van der Waals surface area (Å²) in [5.74, 6) is -0.645. The third kappa shape index (κ3) is 2.89. The van der Waals surface area contributed by atoms with Gasteiger partial charge < -0.3 is 14.8 Å². The summed E-state index contributed by atoms with van der Waals surface area (Å²) in [5.41, 5.74) is -0.436. The number of carbonyl (C=O) groups excluding carboxylic acids is 2. The van der Waals surface area contributed by atoms with E-state index < -0.39 is 17.4 Å². The third-order valence-electron chi connectivity index (χ3n) is 3.60. The number of carbonyl (C=O) groups is 2. The Hall–Kier alpha value is -2.37. The summed E-state index contributed by atoms with van der Waals surface area (Å²) in [5, 5.41) is 2.83. The van der Waals surface area contributed by atoms with Gasteiger partial charge in [0.1, 0.15) is 5.82 Å². The molecule has 1 aliphatic rings. The first kappa shape index (κ1) is 15.0. The zero-order valence-electron chi connectivity index (χ0n) is 12.3. The molecule has 21 heavy (non-hydrogen) atoms. The summed E-state index contributed by atoms with van der Waals surface area (Å²) in [6, 6.07) is 5.39. The molecule has 0 radical (unpaired) electrons.